The van der Waals surface area contributed by atoms with Crippen molar-refractivity contribution in [1.29, 1.82) is 0 Å². The molecule has 158 valence electrons. The highest BCUT2D eigenvalue weighted by Crippen LogP contribution is 2.45. The van der Waals surface area contributed by atoms with Gasteiger partial charge in [0, 0.05) is 12.7 Å². The van der Waals surface area contributed by atoms with E-state index in [0.29, 0.717) is 11.3 Å². The van der Waals surface area contributed by atoms with E-state index < -0.39 is 16.1 Å². The minimum Gasteiger partial charge on any atom is -0.327 e. The molecule has 0 N–H and O–H groups in total. The van der Waals surface area contributed by atoms with Crippen molar-refractivity contribution < 1.29 is 8.42 Å². The van der Waals surface area contributed by atoms with Crippen LogP contribution >= 0.6 is 6.04 Å². The fourth-order valence-corrected chi connectivity index (χ4v) is 7.91. The molecule has 0 aliphatic heterocycles. The van der Waals surface area contributed by atoms with Crippen molar-refractivity contribution in [2.24, 2.45) is 0 Å². The number of nitrogens with zero attached hydrogens (tertiary/aromatic N) is 4. The lowest BCUT2D eigenvalue weighted by atomic mass is 10.3. The van der Waals surface area contributed by atoms with E-state index in [1.54, 1.807) is 11.9 Å². The smallest absolute Gasteiger partial charge is 0.254 e. The molecule has 4 rings (SSSR count). The van der Waals surface area contributed by atoms with Gasteiger partial charge in [-0.05, 0) is 28.0 Å². The van der Waals surface area contributed by atoms with Gasteiger partial charge in [-0.2, -0.15) is 0 Å². The van der Waals surface area contributed by atoms with Crippen molar-refractivity contribution in [3.8, 4) is 0 Å². The van der Waals surface area contributed by atoms with Crippen LogP contribution in [0.25, 0.3) is 0 Å². The molecule has 1 aromatic heterocycles. The molecule has 0 atom stereocenters. The molecule has 0 bridgehead atoms. The van der Waals surface area contributed by atoms with E-state index in [1.165, 1.54) is 0 Å². The van der Waals surface area contributed by atoms with E-state index in [2.05, 4.69) is 10.3 Å². The van der Waals surface area contributed by atoms with Gasteiger partial charge in [0.2, 0.25) is 0 Å². The maximum absolute atomic E-state index is 12.6. The topological polar surface area (TPSA) is 68.1 Å². The summed E-state index contributed by atoms with van der Waals surface area (Å²) in [6.45, 7) is 0. The number of rotatable bonds is 6. The van der Waals surface area contributed by atoms with Crippen molar-refractivity contribution in [2.45, 2.75) is 0 Å². The summed E-state index contributed by atoms with van der Waals surface area (Å²) in [5, 5.41) is 10.3. The molecular formula is C22H21N4O2PS2. The molecule has 0 saturated carbocycles. The zero-order valence-electron chi connectivity index (χ0n) is 17.0. The minimum atomic E-state index is -3.72. The fourth-order valence-electron chi connectivity index (χ4n) is 3.40. The van der Waals surface area contributed by atoms with Crippen LogP contribution in [0.15, 0.2) is 91.0 Å². The summed E-state index contributed by atoms with van der Waals surface area (Å²) >= 11 is 6.37. The Balaban J connectivity index is 2.06. The highest BCUT2D eigenvalue weighted by Gasteiger charge is 2.35. The molecule has 0 saturated heterocycles. The van der Waals surface area contributed by atoms with Crippen LogP contribution in [0.2, 0.25) is 0 Å². The second-order valence-corrected chi connectivity index (χ2v) is 13.1. The zero-order chi connectivity index (χ0) is 22.1. The molecule has 0 spiro atoms. The summed E-state index contributed by atoms with van der Waals surface area (Å²) in [5.74, 6) is 0.352. The SMILES string of the molecule is CN(c1ccccc1)c1c(P(=S)(c2ccccc2)c2ccccc2)nnn1S(C)(=O)=O. The summed E-state index contributed by atoms with van der Waals surface area (Å²) in [6, 6.07) is 26.3. The number of anilines is 2. The number of hydrogen-bond acceptors (Lipinski definition) is 6. The molecule has 0 aliphatic rings. The molecule has 4 aromatic rings. The molecule has 0 aliphatic carbocycles. The van der Waals surface area contributed by atoms with Crippen molar-refractivity contribution in [3.05, 3.63) is 91.0 Å². The van der Waals surface area contributed by atoms with E-state index in [0.717, 1.165) is 26.6 Å². The summed E-state index contributed by atoms with van der Waals surface area (Å²) in [6.07, 6.45) is 1.11. The quantitative estimate of drug-likeness (QED) is 0.406. The van der Waals surface area contributed by atoms with Crippen molar-refractivity contribution in [1.82, 2.24) is 14.4 Å². The first-order valence-electron chi connectivity index (χ1n) is 9.50. The van der Waals surface area contributed by atoms with Crippen molar-refractivity contribution >= 4 is 55.4 Å². The second kappa shape index (κ2) is 8.38. The molecule has 31 heavy (non-hydrogen) atoms. The predicted molar refractivity (Wildman–Crippen MR) is 131 cm³/mol. The van der Waals surface area contributed by atoms with Crippen molar-refractivity contribution in [2.75, 3.05) is 18.2 Å². The number of para-hydroxylation sites is 1. The summed E-state index contributed by atoms with van der Waals surface area (Å²) in [4.78, 5) is 1.78. The molecule has 0 fully saturated rings. The third-order valence-corrected chi connectivity index (χ3v) is 10.5. The van der Waals surface area contributed by atoms with Gasteiger partial charge in [0.15, 0.2) is 5.82 Å². The first-order valence-corrected chi connectivity index (χ1v) is 14.2. The Bertz CT molecular complexity index is 1300. The van der Waals surface area contributed by atoms with E-state index in [1.807, 2.05) is 91.0 Å². The third-order valence-electron chi connectivity index (χ3n) is 4.92. The van der Waals surface area contributed by atoms with Crippen LogP contribution in [0, 0.1) is 0 Å². The van der Waals surface area contributed by atoms with Crippen LogP contribution in [0.3, 0.4) is 0 Å². The Kier molecular flexibility index (Phi) is 5.79. The average Bonchev–Trinajstić information content (AvgIpc) is 3.26. The Morgan fingerprint density at radius 2 is 1.29 bits per heavy atom. The average molecular weight is 469 g/mol. The molecule has 0 amide bonds. The Hall–Kier alpha value is -2.80. The first kappa shape index (κ1) is 21.4. The fraction of sp³-hybridized carbons (Fsp3) is 0.0909. The molecule has 0 unspecified atom stereocenters. The van der Waals surface area contributed by atoms with Gasteiger partial charge in [0.25, 0.3) is 10.0 Å². The van der Waals surface area contributed by atoms with Crippen LogP contribution in [0.4, 0.5) is 11.5 Å². The zero-order valence-corrected chi connectivity index (χ0v) is 19.6. The van der Waals surface area contributed by atoms with E-state index in [4.69, 9.17) is 11.8 Å². The van der Waals surface area contributed by atoms with Gasteiger partial charge in [-0.15, -0.1) is 9.19 Å². The lowest BCUT2D eigenvalue weighted by Crippen LogP contribution is -2.31. The summed E-state index contributed by atoms with van der Waals surface area (Å²) in [7, 11) is -1.92. The summed E-state index contributed by atoms with van der Waals surface area (Å²) < 4.78 is 26.2. The molecule has 1 heterocycles. The first-order chi connectivity index (χ1) is 14.8. The highest BCUT2D eigenvalue weighted by atomic mass is 32.4. The van der Waals surface area contributed by atoms with Crippen LogP contribution < -0.4 is 20.9 Å². The van der Waals surface area contributed by atoms with Crippen LogP contribution in [0.5, 0.6) is 0 Å². The summed E-state index contributed by atoms with van der Waals surface area (Å²) in [5.41, 5.74) is 1.29. The largest absolute Gasteiger partial charge is 0.327 e. The van der Waals surface area contributed by atoms with Gasteiger partial charge in [-0.1, -0.05) is 90.7 Å². The standard InChI is InChI=1S/C22H21N4O2PS2/c1-25(18-12-6-3-7-13-18)22-21(23-24-26(22)31(2,27)28)29(30,19-14-8-4-9-15-19)20-16-10-5-11-17-20/h3-17H,1-2H3. The Morgan fingerprint density at radius 3 is 1.74 bits per heavy atom. The van der Waals surface area contributed by atoms with Gasteiger partial charge in [0.05, 0.1) is 12.3 Å². The van der Waals surface area contributed by atoms with E-state index in [9.17, 15) is 8.42 Å². The molecule has 9 heteroatoms. The maximum Gasteiger partial charge on any atom is 0.254 e. The van der Waals surface area contributed by atoms with Crippen LogP contribution in [-0.2, 0) is 21.8 Å². The number of aromatic nitrogens is 3. The van der Waals surface area contributed by atoms with Crippen molar-refractivity contribution in [3.63, 3.8) is 0 Å². The number of benzene rings is 3. The monoisotopic (exact) mass is 468 g/mol. The van der Waals surface area contributed by atoms with Gasteiger partial charge in [-0.3, -0.25) is 0 Å². The Morgan fingerprint density at radius 1 is 0.839 bits per heavy atom. The second-order valence-electron chi connectivity index (χ2n) is 7.02. The van der Waals surface area contributed by atoms with Gasteiger partial charge >= 0.3 is 0 Å². The van der Waals surface area contributed by atoms with E-state index >= 15 is 0 Å². The molecule has 0 radical (unpaired) electrons. The normalized spacial score (nSPS) is 11.9. The maximum atomic E-state index is 12.6. The van der Waals surface area contributed by atoms with Gasteiger partial charge < -0.3 is 4.90 Å². The molecule has 6 nitrogen and oxygen atoms in total. The van der Waals surface area contributed by atoms with Gasteiger partial charge in [-0.25, -0.2) is 8.42 Å². The lowest BCUT2D eigenvalue weighted by molar-refractivity contribution is 0.583. The molecule has 3 aromatic carbocycles. The van der Waals surface area contributed by atoms with Crippen LogP contribution in [-0.4, -0.2) is 36.1 Å². The third kappa shape index (κ3) is 3.94. The Labute approximate surface area is 187 Å². The van der Waals surface area contributed by atoms with E-state index in [-0.39, 0.29) is 0 Å². The molecular weight excluding hydrogens is 447 g/mol. The highest BCUT2D eigenvalue weighted by molar-refractivity contribution is 8.25. The lowest BCUT2D eigenvalue weighted by Gasteiger charge is -2.26. The predicted octanol–water partition coefficient (Wildman–Crippen LogP) is 2.61. The van der Waals surface area contributed by atoms with Crippen LogP contribution in [0.1, 0.15) is 0 Å². The number of hydrogen-bond donors (Lipinski definition) is 0. The van der Waals surface area contributed by atoms with Gasteiger partial charge in [0.1, 0.15) is 5.44 Å². The minimum absolute atomic E-state index is 0.352.